The third-order valence-corrected chi connectivity index (χ3v) is 2.97. The number of hydrogen-bond donors (Lipinski definition) is 2. The Morgan fingerprint density at radius 2 is 2.21 bits per heavy atom. The molecule has 1 amide bonds. The molecule has 0 saturated carbocycles. The molecule has 0 aliphatic heterocycles. The van der Waals surface area contributed by atoms with Crippen LogP contribution in [0.4, 0.5) is 0 Å². The summed E-state index contributed by atoms with van der Waals surface area (Å²) in [6.07, 6.45) is 0.359. The van der Waals surface area contributed by atoms with Crippen LogP contribution in [0, 0.1) is 0 Å². The molecule has 1 atom stereocenters. The van der Waals surface area contributed by atoms with E-state index in [2.05, 4.69) is 10.2 Å². The molecule has 0 radical (unpaired) electrons. The van der Waals surface area contributed by atoms with Gasteiger partial charge in [-0.1, -0.05) is 12.1 Å². The molecule has 19 heavy (non-hydrogen) atoms. The summed E-state index contributed by atoms with van der Waals surface area (Å²) in [5.41, 5.74) is 6.47. The molecule has 0 bridgehead atoms. The summed E-state index contributed by atoms with van der Waals surface area (Å²) < 4.78 is 5.23. The molecule has 106 valence electrons. The zero-order valence-corrected chi connectivity index (χ0v) is 11.8. The Balaban J connectivity index is 2.73. The summed E-state index contributed by atoms with van der Waals surface area (Å²) in [6.45, 7) is 0.927. The van der Waals surface area contributed by atoms with E-state index in [0.717, 1.165) is 11.3 Å². The van der Waals surface area contributed by atoms with Crippen molar-refractivity contribution in [1.82, 2.24) is 10.2 Å². The van der Waals surface area contributed by atoms with Crippen LogP contribution in [0.3, 0.4) is 0 Å². The van der Waals surface area contributed by atoms with E-state index in [0.29, 0.717) is 19.5 Å². The summed E-state index contributed by atoms with van der Waals surface area (Å²) >= 11 is 0. The molecule has 5 heteroatoms. The molecule has 0 fully saturated rings. The standard InChI is InChI=1S/C14H23N3O2/c1-17(2)13(10-16-14(18)7-8-15)11-5-4-6-12(9-11)19-3/h4-6,9,13H,7-8,10,15H2,1-3H3,(H,16,18). The molecule has 0 aliphatic carbocycles. The average molecular weight is 265 g/mol. The molecule has 0 spiro atoms. The molecule has 1 unspecified atom stereocenters. The van der Waals surface area contributed by atoms with E-state index < -0.39 is 0 Å². The van der Waals surface area contributed by atoms with Gasteiger partial charge in [-0.15, -0.1) is 0 Å². The number of rotatable bonds is 7. The van der Waals surface area contributed by atoms with Gasteiger partial charge in [0.1, 0.15) is 5.75 Å². The lowest BCUT2D eigenvalue weighted by Crippen LogP contribution is -2.35. The van der Waals surface area contributed by atoms with Crippen molar-refractivity contribution in [3.63, 3.8) is 0 Å². The van der Waals surface area contributed by atoms with Crippen LogP contribution in [-0.4, -0.2) is 45.1 Å². The van der Waals surface area contributed by atoms with Gasteiger partial charge in [-0.25, -0.2) is 0 Å². The summed E-state index contributed by atoms with van der Waals surface area (Å²) in [6, 6.07) is 7.98. The fraction of sp³-hybridized carbons (Fsp3) is 0.500. The van der Waals surface area contributed by atoms with E-state index in [9.17, 15) is 4.79 Å². The fourth-order valence-corrected chi connectivity index (χ4v) is 1.88. The van der Waals surface area contributed by atoms with Gasteiger partial charge in [-0.3, -0.25) is 4.79 Å². The van der Waals surface area contributed by atoms with Crippen LogP contribution in [0.15, 0.2) is 24.3 Å². The highest BCUT2D eigenvalue weighted by atomic mass is 16.5. The largest absolute Gasteiger partial charge is 0.497 e. The van der Waals surface area contributed by atoms with Crippen molar-refractivity contribution in [3.05, 3.63) is 29.8 Å². The molecule has 0 saturated heterocycles. The maximum atomic E-state index is 11.5. The lowest BCUT2D eigenvalue weighted by molar-refractivity contribution is -0.121. The highest BCUT2D eigenvalue weighted by Gasteiger charge is 2.15. The number of hydrogen-bond acceptors (Lipinski definition) is 4. The van der Waals surface area contributed by atoms with Gasteiger partial charge in [-0.2, -0.15) is 0 Å². The second kappa shape index (κ2) is 7.76. The molecular weight excluding hydrogens is 242 g/mol. The van der Waals surface area contributed by atoms with E-state index in [1.165, 1.54) is 0 Å². The van der Waals surface area contributed by atoms with Gasteiger partial charge in [0.05, 0.1) is 13.2 Å². The van der Waals surface area contributed by atoms with E-state index in [-0.39, 0.29) is 11.9 Å². The monoisotopic (exact) mass is 265 g/mol. The molecule has 0 aliphatic rings. The van der Waals surface area contributed by atoms with E-state index in [1.54, 1.807) is 7.11 Å². The summed E-state index contributed by atoms with van der Waals surface area (Å²) in [7, 11) is 5.62. The number of likely N-dealkylation sites (N-methyl/N-ethyl adjacent to an activating group) is 1. The second-order valence-electron chi connectivity index (χ2n) is 4.60. The van der Waals surface area contributed by atoms with Gasteiger partial charge in [0.15, 0.2) is 0 Å². The summed E-state index contributed by atoms with van der Waals surface area (Å²) in [4.78, 5) is 13.6. The minimum Gasteiger partial charge on any atom is -0.497 e. The van der Waals surface area contributed by atoms with Crippen LogP contribution in [-0.2, 0) is 4.79 Å². The zero-order valence-electron chi connectivity index (χ0n) is 11.8. The Labute approximate surface area is 114 Å². The molecule has 0 heterocycles. The lowest BCUT2D eigenvalue weighted by atomic mass is 10.1. The third kappa shape index (κ3) is 4.89. The Kier molecular flexibility index (Phi) is 6.32. The molecule has 5 nitrogen and oxygen atoms in total. The van der Waals surface area contributed by atoms with Crippen molar-refractivity contribution in [2.45, 2.75) is 12.5 Å². The predicted octanol–water partition coefficient (Wildman–Crippen LogP) is 0.763. The van der Waals surface area contributed by atoms with Crippen LogP contribution in [0.1, 0.15) is 18.0 Å². The quantitative estimate of drug-likeness (QED) is 0.764. The van der Waals surface area contributed by atoms with Gasteiger partial charge < -0.3 is 20.7 Å². The number of amides is 1. The number of benzene rings is 1. The SMILES string of the molecule is COc1cccc(C(CNC(=O)CCN)N(C)C)c1. The number of ether oxygens (including phenoxy) is 1. The summed E-state index contributed by atoms with van der Waals surface area (Å²) in [5.74, 6) is 0.801. The summed E-state index contributed by atoms with van der Waals surface area (Å²) in [5, 5.41) is 2.90. The first-order chi connectivity index (χ1) is 9.08. The number of nitrogens with zero attached hydrogens (tertiary/aromatic N) is 1. The highest BCUT2D eigenvalue weighted by molar-refractivity contribution is 5.76. The number of nitrogens with two attached hydrogens (primary N) is 1. The first kappa shape index (κ1) is 15.5. The van der Waals surface area contributed by atoms with E-state index in [1.807, 2.05) is 38.4 Å². The fourth-order valence-electron chi connectivity index (χ4n) is 1.88. The van der Waals surface area contributed by atoms with Gasteiger partial charge in [0, 0.05) is 19.5 Å². The highest BCUT2D eigenvalue weighted by Crippen LogP contribution is 2.21. The first-order valence-electron chi connectivity index (χ1n) is 6.35. The number of nitrogens with one attached hydrogen (secondary N) is 1. The van der Waals surface area contributed by atoms with Crippen molar-refractivity contribution in [3.8, 4) is 5.75 Å². The minimum atomic E-state index is -0.0164. The predicted molar refractivity (Wildman–Crippen MR) is 76.1 cm³/mol. The average Bonchev–Trinajstić information content (AvgIpc) is 2.39. The first-order valence-corrected chi connectivity index (χ1v) is 6.35. The Morgan fingerprint density at radius 1 is 1.47 bits per heavy atom. The van der Waals surface area contributed by atoms with Gasteiger partial charge in [0.25, 0.3) is 0 Å². The lowest BCUT2D eigenvalue weighted by Gasteiger charge is -2.25. The van der Waals surface area contributed by atoms with Gasteiger partial charge in [-0.05, 0) is 31.8 Å². The minimum absolute atomic E-state index is 0.0164. The van der Waals surface area contributed by atoms with Crippen molar-refractivity contribution in [2.75, 3.05) is 34.3 Å². The van der Waals surface area contributed by atoms with Gasteiger partial charge in [0.2, 0.25) is 5.91 Å². The smallest absolute Gasteiger partial charge is 0.221 e. The Morgan fingerprint density at radius 3 is 2.79 bits per heavy atom. The van der Waals surface area contributed by atoms with Crippen LogP contribution < -0.4 is 15.8 Å². The third-order valence-electron chi connectivity index (χ3n) is 2.97. The van der Waals surface area contributed by atoms with Crippen LogP contribution in [0.25, 0.3) is 0 Å². The molecular formula is C14H23N3O2. The maximum absolute atomic E-state index is 11.5. The van der Waals surface area contributed by atoms with E-state index in [4.69, 9.17) is 10.5 Å². The maximum Gasteiger partial charge on any atom is 0.221 e. The number of carbonyl (C=O) groups is 1. The molecule has 1 aromatic rings. The van der Waals surface area contributed by atoms with E-state index >= 15 is 0 Å². The topological polar surface area (TPSA) is 67.6 Å². The normalized spacial score (nSPS) is 12.3. The van der Waals surface area contributed by atoms with Crippen molar-refractivity contribution in [2.24, 2.45) is 5.73 Å². The van der Waals surface area contributed by atoms with Gasteiger partial charge >= 0.3 is 0 Å². The van der Waals surface area contributed by atoms with Crippen LogP contribution >= 0.6 is 0 Å². The number of methoxy groups -OCH3 is 1. The Bertz CT molecular complexity index is 407. The Hall–Kier alpha value is -1.59. The van der Waals surface area contributed by atoms with Crippen molar-refractivity contribution >= 4 is 5.91 Å². The molecule has 0 aromatic heterocycles. The van der Waals surface area contributed by atoms with Crippen molar-refractivity contribution in [1.29, 1.82) is 0 Å². The molecule has 3 N–H and O–H groups in total. The second-order valence-corrected chi connectivity index (χ2v) is 4.60. The van der Waals surface area contributed by atoms with Crippen LogP contribution in [0.5, 0.6) is 5.75 Å². The molecule has 1 aromatic carbocycles. The van der Waals surface area contributed by atoms with Crippen molar-refractivity contribution < 1.29 is 9.53 Å². The zero-order chi connectivity index (χ0) is 14.3. The number of carbonyl (C=O) groups excluding carboxylic acids is 1. The molecule has 1 rings (SSSR count). The van der Waals surface area contributed by atoms with Crippen LogP contribution in [0.2, 0.25) is 0 Å².